The SMILES string of the molecule is CN(C)c1ccc2c3c(cnc2c1)CCCN3. The second-order valence-corrected chi connectivity index (χ2v) is 4.78. The highest BCUT2D eigenvalue weighted by Crippen LogP contribution is 2.31. The summed E-state index contributed by atoms with van der Waals surface area (Å²) < 4.78 is 0. The Morgan fingerprint density at radius 1 is 1.29 bits per heavy atom. The van der Waals surface area contributed by atoms with Gasteiger partial charge in [-0.25, -0.2) is 0 Å². The van der Waals surface area contributed by atoms with Crippen molar-refractivity contribution in [2.45, 2.75) is 12.8 Å². The Labute approximate surface area is 101 Å². The third-order valence-corrected chi connectivity index (χ3v) is 3.37. The molecule has 1 aromatic heterocycles. The summed E-state index contributed by atoms with van der Waals surface area (Å²) in [6.45, 7) is 1.07. The number of aryl methyl sites for hydroxylation is 1. The lowest BCUT2D eigenvalue weighted by Gasteiger charge is -2.20. The maximum Gasteiger partial charge on any atom is 0.0743 e. The molecule has 2 aromatic rings. The first-order chi connectivity index (χ1) is 8.25. The molecule has 0 saturated carbocycles. The zero-order valence-electron chi connectivity index (χ0n) is 10.3. The fourth-order valence-corrected chi connectivity index (χ4v) is 2.39. The second kappa shape index (κ2) is 3.91. The van der Waals surface area contributed by atoms with Gasteiger partial charge in [0.05, 0.1) is 5.52 Å². The Morgan fingerprint density at radius 2 is 2.18 bits per heavy atom. The Kier molecular flexibility index (Phi) is 2.39. The predicted molar refractivity (Wildman–Crippen MR) is 72.9 cm³/mol. The van der Waals surface area contributed by atoms with Crippen LogP contribution in [0.3, 0.4) is 0 Å². The summed E-state index contributed by atoms with van der Waals surface area (Å²) in [6.07, 6.45) is 4.36. The van der Waals surface area contributed by atoms with Crippen LogP contribution >= 0.6 is 0 Å². The highest BCUT2D eigenvalue weighted by atomic mass is 15.1. The van der Waals surface area contributed by atoms with E-state index in [1.807, 2.05) is 6.20 Å². The van der Waals surface area contributed by atoms with Crippen molar-refractivity contribution in [2.75, 3.05) is 30.9 Å². The Morgan fingerprint density at radius 3 is 3.00 bits per heavy atom. The summed E-state index contributed by atoms with van der Waals surface area (Å²) in [5.41, 5.74) is 4.90. The topological polar surface area (TPSA) is 28.2 Å². The fourth-order valence-electron chi connectivity index (χ4n) is 2.39. The zero-order valence-corrected chi connectivity index (χ0v) is 10.3. The van der Waals surface area contributed by atoms with Crippen LogP contribution in [0.5, 0.6) is 0 Å². The molecule has 0 unspecified atom stereocenters. The van der Waals surface area contributed by atoms with Gasteiger partial charge >= 0.3 is 0 Å². The van der Waals surface area contributed by atoms with Crippen LogP contribution in [0, 0.1) is 0 Å². The standard InChI is InChI=1S/C14H17N3/c1-17(2)11-5-6-12-13(8-11)16-9-10-4-3-7-15-14(10)12/h5-6,8-9,15H,3-4,7H2,1-2H3. The maximum atomic E-state index is 4.57. The number of rotatable bonds is 1. The Balaban J connectivity index is 2.20. The van der Waals surface area contributed by atoms with Crippen LogP contribution in [0.4, 0.5) is 11.4 Å². The molecule has 3 nitrogen and oxygen atoms in total. The van der Waals surface area contributed by atoms with E-state index in [0.717, 1.165) is 18.5 Å². The average Bonchev–Trinajstić information content (AvgIpc) is 2.38. The molecule has 17 heavy (non-hydrogen) atoms. The fraction of sp³-hybridized carbons (Fsp3) is 0.357. The van der Waals surface area contributed by atoms with Crippen LogP contribution in [0.25, 0.3) is 10.9 Å². The molecule has 0 radical (unpaired) electrons. The van der Waals surface area contributed by atoms with Crippen LogP contribution < -0.4 is 10.2 Å². The molecule has 0 saturated heterocycles. The largest absolute Gasteiger partial charge is 0.384 e. The van der Waals surface area contributed by atoms with Gasteiger partial charge in [-0.15, -0.1) is 0 Å². The van der Waals surface area contributed by atoms with E-state index >= 15 is 0 Å². The molecule has 1 aliphatic rings. The van der Waals surface area contributed by atoms with Crippen molar-refractivity contribution in [3.05, 3.63) is 30.0 Å². The predicted octanol–water partition coefficient (Wildman–Crippen LogP) is 2.66. The normalized spacial score (nSPS) is 14.2. The summed E-state index contributed by atoms with van der Waals surface area (Å²) in [6, 6.07) is 6.47. The molecule has 0 amide bonds. The third-order valence-electron chi connectivity index (χ3n) is 3.37. The van der Waals surface area contributed by atoms with Crippen LogP contribution in [-0.2, 0) is 6.42 Å². The van der Waals surface area contributed by atoms with Gasteiger partial charge in [0.25, 0.3) is 0 Å². The first-order valence-corrected chi connectivity index (χ1v) is 6.08. The molecule has 1 aromatic carbocycles. The lowest BCUT2D eigenvalue weighted by Crippen LogP contribution is -2.13. The van der Waals surface area contributed by atoms with Crippen LogP contribution in [0.2, 0.25) is 0 Å². The first kappa shape index (κ1) is 10.4. The number of fused-ring (bicyclic) bond motifs is 3. The van der Waals surface area contributed by atoms with Crippen molar-refractivity contribution in [1.29, 1.82) is 0 Å². The Hall–Kier alpha value is -1.77. The third kappa shape index (κ3) is 1.71. The molecule has 0 spiro atoms. The van der Waals surface area contributed by atoms with Crippen molar-refractivity contribution in [3.63, 3.8) is 0 Å². The number of hydrogen-bond acceptors (Lipinski definition) is 3. The van der Waals surface area contributed by atoms with Gasteiger partial charge in [0.2, 0.25) is 0 Å². The van der Waals surface area contributed by atoms with E-state index in [1.165, 1.54) is 28.7 Å². The minimum atomic E-state index is 1.07. The van der Waals surface area contributed by atoms with Gasteiger partial charge in [0.15, 0.2) is 0 Å². The maximum absolute atomic E-state index is 4.57. The number of hydrogen-bond donors (Lipinski definition) is 1. The smallest absolute Gasteiger partial charge is 0.0743 e. The van der Waals surface area contributed by atoms with E-state index in [9.17, 15) is 0 Å². The van der Waals surface area contributed by atoms with Crippen molar-refractivity contribution in [1.82, 2.24) is 4.98 Å². The van der Waals surface area contributed by atoms with Crippen LogP contribution in [0.1, 0.15) is 12.0 Å². The summed E-state index contributed by atoms with van der Waals surface area (Å²) in [7, 11) is 4.11. The summed E-state index contributed by atoms with van der Waals surface area (Å²) >= 11 is 0. The lowest BCUT2D eigenvalue weighted by atomic mass is 10.0. The van der Waals surface area contributed by atoms with Gasteiger partial charge in [-0.3, -0.25) is 4.98 Å². The minimum absolute atomic E-state index is 1.07. The van der Waals surface area contributed by atoms with Crippen LogP contribution in [0.15, 0.2) is 24.4 Å². The summed E-state index contributed by atoms with van der Waals surface area (Å²) in [5.74, 6) is 0. The average molecular weight is 227 g/mol. The van der Waals surface area contributed by atoms with E-state index in [0.29, 0.717) is 0 Å². The summed E-state index contributed by atoms with van der Waals surface area (Å²) in [5, 5.41) is 4.74. The molecular weight excluding hydrogens is 210 g/mol. The molecule has 0 bridgehead atoms. The molecule has 2 heterocycles. The van der Waals surface area contributed by atoms with Crippen molar-refractivity contribution < 1.29 is 0 Å². The quantitative estimate of drug-likeness (QED) is 0.811. The van der Waals surface area contributed by atoms with Gasteiger partial charge in [0.1, 0.15) is 0 Å². The van der Waals surface area contributed by atoms with Gasteiger partial charge < -0.3 is 10.2 Å². The van der Waals surface area contributed by atoms with E-state index in [4.69, 9.17) is 0 Å². The molecular formula is C14H17N3. The highest BCUT2D eigenvalue weighted by Gasteiger charge is 2.12. The monoisotopic (exact) mass is 227 g/mol. The molecule has 0 aliphatic carbocycles. The molecule has 1 N–H and O–H groups in total. The van der Waals surface area contributed by atoms with E-state index in [1.54, 1.807) is 0 Å². The van der Waals surface area contributed by atoms with Crippen molar-refractivity contribution >= 4 is 22.3 Å². The number of nitrogens with one attached hydrogen (secondary N) is 1. The van der Waals surface area contributed by atoms with Gasteiger partial charge in [-0.05, 0) is 36.6 Å². The van der Waals surface area contributed by atoms with E-state index < -0.39 is 0 Å². The molecule has 0 fully saturated rings. The first-order valence-electron chi connectivity index (χ1n) is 6.08. The second-order valence-electron chi connectivity index (χ2n) is 4.78. The van der Waals surface area contributed by atoms with E-state index in [-0.39, 0.29) is 0 Å². The Bertz CT molecular complexity index is 561. The van der Waals surface area contributed by atoms with E-state index in [2.05, 4.69) is 47.5 Å². The number of nitrogens with zero attached hydrogens (tertiary/aromatic N) is 2. The zero-order chi connectivity index (χ0) is 11.8. The number of aromatic nitrogens is 1. The van der Waals surface area contributed by atoms with Crippen molar-refractivity contribution in [3.8, 4) is 0 Å². The molecule has 3 rings (SSSR count). The molecule has 0 atom stereocenters. The lowest BCUT2D eigenvalue weighted by molar-refractivity contribution is 0.829. The minimum Gasteiger partial charge on any atom is -0.384 e. The molecule has 88 valence electrons. The highest BCUT2D eigenvalue weighted by molar-refractivity contribution is 5.94. The number of anilines is 2. The molecule has 1 aliphatic heterocycles. The van der Waals surface area contributed by atoms with Gasteiger partial charge in [-0.2, -0.15) is 0 Å². The van der Waals surface area contributed by atoms with Gasteiger partial charge in [0, 0.05) is 43.6 Å². The number of benzene rings is 1. The van der Waals surface area contributed by atoms with Crippen molar-refractivity contribution in [2.24, 2.45) is 0 Å². The molecule has 3 heteroatoms. The van der Waals surface area contributed by atoms with Crippen LogP contribution in [-0.4, -0.2) is 25.6 Å². The summed E-state index contributed by atoms with van der Waals surface area (Å²) in [4.78, 5) is 6.68. The van der Waals surface area contributed by atoms with Gasteiger partial charge in [-0.1, -0.05) is 0 Å². The number of pyridine rings is 1.